The number of methoxy groups -OCH3 is 1. The molecule has 0 saturated heterocycles. The Kier molecular flexibility index (Phi) is 5.66. The van der Waals surface area contributed by atoms with Gasteiger partial charge in [-0.2, -0.15) is 0 Å². The maximum absolute atomic E-state index is 9.45. The van der Waals surface area contributed by atoms with Gasteiger partial charge >= 0.3 is 0 Å². The van der Waals surface area contributed by atoms with Gasteiger partial charge in [0.1, 0.15) is 0 Å². The van der Waals surface area contributed by atoms with Crippen molar-refractivity contribution < 1.29 is 9.84 Å². The minimum absolute atomic E-state index is 0.246. The van der Waals surface area contributed by atoms with Crippen LogP contribution in [-0.4, -0.2) is 31.5 Å². The molecular formula is C10H12Cl3NO2. The highest BCUT2D eigenvalue weighted by atomic mass is 35.5. The zero-order valence-electron chi connectivity index (χ0n) is 8.64. The Hall–Kier alpha value is -0.190. The summed E-state index contributed by atoms with van der Waals surface area (Å²) in [6.07, 6.45) is -0.618. The summed E-state index contributed by atoms with van der Waals surface area (Å²) >= 11 is 17.7. The van der Waals surface area contributed by atoms with E-state index in [0.717, 1.165) is 0 Å². The fourth-order valence-electron chi connectivity index (χ4n) is 1.18. The molecule has 0 heterocycles. The molecular weight excluding hydrogens is 272 g/mol. The lowest BCUT2D eigenvalue weighted by atomic mass is 10.3. The molecule has 0 aliphatic rings. The fourth-order valence-corrected chi connectivity index (χ4v) is 2.13. The van der Waals surface area contributed by atoms with E-state index in [1.165, 1.54) is 7.11 Å². The molecule has 0 aliphatic carbocycles. The summed E-state index contributed by atoms with van der Waals surface area (Å²) in [6.45, 7) is 0.546. The molecule has 1 atom stereocenters. The number of aliphatic hydroxyl groups is 1. The van der Waals surface area contributed by atoms with Crippen LogP contribution in [-0.2, 0) is 4.74 Å². The van der Waals surface area contributed by atoms with Crippen molar-refractivity contribution in [1.82, 2.24) is 0 Å². The third-order valence-corrected chi connectivity index (χ3v) is 2.69. The fraction of sp³-hybridized carbons (Fsp3) is 0.400. The normalized spacial score (nSPS) is 12.6. The lowest BCUT2D eigenvalue weighted by Gasteiger charge is -2.14. The second-order valence-electron chi connectivity index (χ2n) is 3.23. The summed E-state index contributed by atoms with van der Waals surface area (Å²) in [4.78, 5) is 0. The molecule has 0 aromatic heterocycles. The molecule has 0 spiro atoms. The molecule has 1 aromatic carbocycles. The molecule has 0 saturated carbocycles. The van der Waals surface area contributed by atoms with Gasteiger partial charge in [-0.05, 0) is 12.1 Å². The lowest BCUT2D eigenvalue weighted by molar-refractivity contribution is 0.0727. The third-order valence-electron chi connectivity index (χ3n) is 1.88. The van der Waals surface area contributed by atoms with Crippen LogP contribution in [0.4, 0.5) is 5.69 Å². The van der Waals surface area contributed by atoms with Crippen LogP contribution in [0.25, 0.3) is 0 Å². The first-order valence-electron chi connectivity index (χ1n) is 4.60. The molecule has 90 valence electrons. The number of hydrogen-bond acceptors (Lipinski definition) is 3. The first kappa shape index (κ1) is 13.9. The van der Waals surface area contributed by atoms with Gasteiger partial charge in [-0.1, -0.05) is 34.8 Å². The van der Waals surface area contributed by atoms with Crippen LogP contribution in [0.15, 0.2) is 12.1 Å². The Bertz CT molecular complexity index is 337. The smallest absolute Gasteiger partial charge is 0.0945 e. The predicted molar refractivity (Wildman–Crippen MR) is 67.8 cm³/mol. The number of rotatable bonds is 5. The van der Waals surface area contributed by atoms with Gasteiger partial charge < -0.3 is 15.2 Å². The minimum atomic E-state index is -0.618. The number of aliphatic hydroxyl groups excluding tert-OH is 1. The Morgan fingerprint density at radius 1 is 1.31 bits per heavy atom. The van der Waals surface area contributed by atoms with E-state index in [1.807, 2.05) is 0 Å². The average Bonchev–Trinajstić information content (AvgIpc) is 2.16. The second kappa shape index (κ2) is 6.52. The highest BCUT2D eigenvalue weighted by molar-refractivity contribution is 6.41. The summed E-state index contributed by atoms with van der Waals surface area (Å²) in [5.41, 5.74) is 0.558. The van der Waals surface area contributed by atoms with Gasteiger partial charge in [0.2, 0.25) is 0 Å². The van der Waals surface area contributed by atoms with E-state index in [-0.39, 0.29) is 6.61 Å². The van der Waals surface area contributed by atoms with Gasteiger partial charge in [0.05, 0.1) is 28.4 Å². The maximum Gasteiger partial charge on any atom is 0.0945 e. The van der Waals surface area contributed by atoms with Crippen LogP contribution >= 0.6 is 34.8 Å². The molecule has 3 nitrogen and oxygen atoms in total. The Morgan fingerprint density at radius 3 is 2.38 bits per heavy atom. The summed E-state index contributed by atoms with van der Waals surface area (Å²) in [6, 6.07) is 3.17. The Balaban J connectivity index is 2.67. The van der Waals surface area contributed by atoms with Crippen LogP contribution in [0, 0.1) is 0 Å². The van der Waals surface area contributed by atoms with E-state index in [0.29, 0.717) is 27.3 Å². The van der Waals surface area contributed by atoms with E-state index < -0.39 is 6.10 Å². The van der Waals surface area contributed by atoms with Crippen molar-refractivity contribution in [1.29, 1.82) is 0 Å². The number of anilines is 1. The summed E-state index contributed by atoms with van der Waals surface area (Å²) in [5, 5.41) is 13.7. The van der Waals surface area contributed by atoms with Gasteiger partial charge in [0.25, 0.3) is 0 Å². The molecule has 2 N–H and O–H groups in total. The molecule has 1 rings (SSSR count). The standard InChI is InChI=1S/C10H12Cl3NO2/c1-16-5-7(15)4-14-10-8(12)2-6(11)3-9(10)13/h2-3,7,14-15H,4-5H2,1H3. The van der Waals surface area contributed by atoms with Crippen molar-refractivity contribution in [3.05, 3.63) is 27.2 Å². The highest BCUT2D eigenvalue weighted by Gasteiger charge is 2.09. The first-order valence-corrected chi connectivity index (χ1v) is 5.73. The van der Waals surface area contributed by atoms with Gasteiger partial charge in [0.15, 0.2) is 0 Å². The monoisotopic (exact) mass is 283 g/mol. The van der Waals surface area contributed by atoms with Crippen molar-refractivity contribution in [3.8, 4) is 0 Å². The summed E-state index contributed by atoms with van der Waals surface area (Å²) in [5.74, 6) is 0. The number of hydrogen-bond donors (Lipinski definition) is 2. The van der Waals surface area contributed by atoms with Crippen LogP contribution in [0.5, 0.6) is 0 Å². The molecule has 0 bridgehead atoms. The van der Waals surface area contributed by atoms with Crippen LogP contribution < -0.4 is 5.32 Å². The quantitative estimate of drug-likeness (QED) is 0.873. The molecule has 0 aliphatic heterocycles. The number of benzene rings is 1. The summed E-state index contributed by atoms with van der Waals surface area (Å²) < 4.78 is 4.79. The number of halogens is 3. The Labute approximate surface area is 109 Å². The van der Waals surface area contributed by atoms with E-state index >= 15 is 0 Å². The second-order valence-corrected chi connectivity index (χ2v) is 4.49. The van der Waals surface area contributed by atoms with Crippen molar-refractivity contribution in [2.45, 2.75) is 6.10 Å². The minimum Gasteiger partial charge on any atom is -0.389 e. The molecule has 16 heavy (non-hydrogen) atoms. The van der Waals surface area contributed by atoms with Gasteiger partial charge in [0, 0.05) is 18.7 Å². The van der Waals surface area contributed by atoms with E-state index in [4.69, 9.17) is 39.5 Å². The van der Waals surface area contributed by atoms with Crippen molar-refractivity contribution in [3.63, 3.8) is 0 Å². The van der Waals surface area contributed by atoms with Crippen LogP contribution in [0.3, 0.4) is 0 Å². The molecule has 1 unspecified atom stereocenters. The largest absolute Gasteiger partial charge is 0.389 e. The molecule has 0 fully saturated rings. The topological polar surface area (TPSA) is 41.5 Å². The number of nitrogens with one attached hydrogen (secondary N) is 1. The molecule has 6 heteroatoms. The maximum atomic E-state index is 9.45. The molecule has 0 radical (unpaired) electrons. The van der Waals surface area contributed by atoms with Gasteiger partial charge in [-0.15, -0.1) is 0 Å². The van der Waals surface area contributed by atoms with Gasteiger partial charge in [-0.3, -0.25) is 0 Å². The van der Waals surface area contributed by atoms with Crippen molar-refractivity contribution >= 4 is 40.5 Å². The lowest BCUT2D eigenvalue weighted by Crippen LogP contribution is -2.24. The van der Waals surface area contributed by atoms with Gasteiger partial charge in [-0.25, -0.2) is 0 Å². The van der Waals surface area contributed by atoms with Crippen LogP contribution in [0.1, 0.15) is 0 Å². The van der Waals surface area contributed by atoms with Crippen molar-refractivity contribution in [2.75, 3.05) is 25.6 Å². The third kappa shape index (κ3) is 4.00. The zero-order chi connectivity index (χ0) is 12.1. The summed E-state index contributed by atoms with van der Waals surface area (Å²) in [7, 11) is 1.52. The van der Waals surface area contributed by atoms with E-state index in [9.17, 15) is 5.11 Å². The first-order chi connectivity index (χ1) is 7.54. The van der Waals surface area contributed by atoms with E-state index in [1.54, 1.807) is 12.1 Å². The number of ether oxygens (including phenoxy) is 1. The highest BCUT2D eigenvalue weighted by Crippen LogP contribution is 2.33. The zero-order valence-corrected chi connectivity index (χ0v) is 10.9. The molecule has 0 amide bonds. The Morgan fingerprint density at radius 2 is 1.88 bits per heavy atom. The predicted octanol–water partition coefficient (Wildman–Crippen LogP) is 3.07. The molecule has 1 aromatic rings. The SMILES string of the molecule is COCC(O)CNc1c(Cl)cc(Cl)cc1Cl. The van der Waals surface area contributed by atoms with Crippen molar-refractivity contribution in [2.24, 2.45) is 0 Å². The average molecular weight is 285 g/mol. The van der Waals surface area contributed by atoms with E-state index in [2.05, 4.69) is 5.32 Å². The van der Waals surface area contributed by atoms with Crippen LogP contribution in [0.2, 0.25) is 15.1 Å².